The van der Waals surface area contributed by atoms with Crippen molar-refractivity contribution < 1.29 is 112 Å². The van der Waals surface area contributed by atoms with Gasteiger partial charge in [0.05, 0.1) is 4.90 Å². The number of phenols is 2. The maximum atomic E-state index is 11.3. The van der Waals surface area contributed by atoms with Crippen molar-refractivity contribution in [2.24, 2.45) is 10.2 Å². The Morgan fingerprint density at radius 1 is 0.821 bits per heavy atom. The van der Waals surface area contributed by atoms with Gasteiger partial charge in [0.2, 0.25) is 0 Å². The third-order valence-corrected chi connectivity index (χ3v) is 4.70. The summed E-state index contributed by atoms with van der Waals surface area (Å²) in [6.45, 7) is 1.70. The normalized spacial score (nSPS) is 11.2. The van der Waals surface area contributed by atoms with E-state index in [-0.39, 0.29) is 87.6 Å². The zero-order chi connectivity index (χ0) is 19.0. The molecule has 15 heteroatoms. The van der Waals surface area contributed by atoms with Crippen LogP contribution in [0.15, 0.2) is 50.4 Å². The summed E-state index contributed by atoms with van der Waals surface area (Å²) in [6, 6.07) is 5.34. The van der Waals surface area contributed by atoms with Gasteiger partial charge in [-0.05, 0) is 36.8 Å². The fourth-order valence-electron chi connectivity index (χ4n) is 1.81. The molecule has 0 unspecified atom stereocenters. The predicted octanol–water partition coefficient (Wildman–Crippen LogP) is -3.68. The second-order valence-corrected chi connectivity index (χ2v) is 7.74. The molecular formula is C13H12CuN2Na2O8S2+2. The quantitative estimate of drug-likeness (QED) is 0.190. The molecule has 28 heavy (non-hydrogen) atoms. The summed E-state index contributed by atoms with van der Waals surface area (Å²) in [6.07, 6.45) is 0. The number of nitrogens with zero attached hydrogens (tertiary/aromatic N) is 2. The van der Waals surface area contributed by atoms with Crippen LogP contribution in [0.25, 0.3) is 0 Å². The van der Waals surface area contributed by atoms with E-state index in [1.807, 2.05) is 0 Å². The van der Waals surface area contributed by atoms with Crippen LogP contribution < -0.4 is 59.1 Å². The van der Waals surface area contributed by atoms with E-state index >= 15 is 0 Å². The molecule has 0 aliphatic heterocycles. The number of azo groups is 1. The van der Waals surface area contributed by atoms with E-state index < -0.39 is 41.5 Å². The summed E-state index contributed by atoms with van der Waals surface area (Å²) >= 11 is 0. The summed E-state index contributed by atoms with van der Waals surface area (Å²) in [5, 5.41) is 26.6. The van der Waals surface area contributed by atoms with Gasteiger partial charge in [0.1, 0.15) is 22.0 Å². The number of aromatic hydroxyl groups is 2. The molecule has 1 radical (unpaired) electrons. The van der Waals surface area contributed by atoms with Crippen molar-refractivity contribution >= 4 is 31.6 Å². The first kappa shape index (κ1) is 30.2. The van der Waals surface area contributed by atoms with Gasteiger partial charge in [-0.25, -0.2) is 0 Å². The Balaban J connectivity index is 0. The summed E-state index contributed by atoms with van der Waals surface area (Å²) < 4.78 is 63.1. The van der Waals surface area contributed by atoms with Crippen LogP contribution in [0.3, 0.4) is 0 Å². The molecule has 0 spiro atoms. The molecule has 0 amide bonds. The van der Waals surface area contributed by atoms with E-state index in [1.54, 1.807) is 13.0 Å². The van der Waals surface area contributed by atoms with E-state index in [0.29, 0.717) is 17.7 Å². The zero-order valence-corrected chi connectivity index (χ0v) is 21.4. The van der Waals surface area contributed by atoms with Crippen molar-refractivity contribution in [3.05, 3.63) is 35.9 Å². The Morgan fingerprint density at radius 3 is 1.86 bits per heavy atom. The Bertz CT molecular complexity index is 1090. The van der Waals surface area contributed by atoms with Crippen LogP contribution in [0.1, 0.15) is 5.56 Å². The third kappa shape index (κ3) is 7.67. The molecule has 145 valence electrons. The van der Waals surface area contributed by atoms with Gasteiger partial charge in [0.15, 0.2) is 5.75 Å². The van der Waals surface area contributed by atoms with Crippen LogP contribution in [0.2, 0.25) is 0 Å². The molecule has 2 aromatic rings. The average molecular weight is 498 g/mol. The minimum atomic E-state index is -5.01. The van der Waals surface area contributed by atoms with E-state index in [2.05, 4.69) is 10.2 Å². The number of aryl methyl sites for hydroxylation is 1. The molecule has 0 saturated heterocycles. The van der Waals surface area contributed by atoms with Gasteiger partial charge in [0.25, 0.3) is 20.2 Å². The molecule has 0 atom stereocenters. The van der Waals surface area contributed by atoms with Gasteiger partial charge in [-0.2, -0.15) is 16.8 Å². The van der Waals surface area contributed by atoms with Crippen molar-refractivity contribution in [1.82, 2.24) is 0 Å². The van der Waals surface area contributed by atoms with Crippen molar-refractivity contribution in [2.45, 2.75) is 16.7 Å². The Morgan fingerprint density at radius 2 is 1.36 bits per heavy atom. The topological polar surface area (TPSA) is 174 Å². The van der Waals surface area contributed by atoms with Crippen LogP contribution >= 0.6 is 0 Å². The van der Waals surface area contributed by atoms with Crippen LogP contribution in [-0.2, 0) is 37.3 Å². The standard InChI is InChI=1S/C13H12N2O8S2.Cu.2Na/c1-7-2-3-11(16)9(4-7)14-15-10-5-8(24(18,19)20)6-12(13(10)17)25(21,22)23;;;/h2-6,16-17H,1H3,(H,18,19,20)(H,21,22,23);;;/q;;2*+1. The molecule has 2 aromatic carbocycles. The fourth-order valence-corrected chi connectivity index (χ4v) is 3.04. The molecule has 0 saturated carbocycles. The van der Waals surface area contributed by atoms with Gasteiger partial charge < -0.3 is 10.2 Å². The van der Waals surface area contributed by atoms with Crippen molar-refractivity contribution in [1.29, 1.82) is 0 Å². The number of hydrogen-bond acceptors (Lipinski definition) is 8. The van der Waals surface area contributed by atoms with Crippen LogP contribution in [0, 0.1) is 6.92 Å². The maximum absolute atomic E-state index is 11.3. The maximum Gasteiger partial charge on any atom is 1.00 e. The van der Waals surface area contributed by atoms with E-state index in [4.69, 9.17) is 9.11 Å². The van der Waals surface area contributed by atoms with Gasteiger partial charge in [-0.3, -0.25) is 9.11 Å². The SMILES string of the molecule is Cc1ccc(O)c(N=Nc2cc(S(=O)(=O)O)cc(S(=O)(=O)O)c2O)c1.[Cu].[Na+].[Na+]. The van der Waals surface area contributed by atoms with Gasteiger partial charge in [-0.15, -0.1) is 10.2 Å². The minimum absolute atomic E-state index is 0. The Hall–Kier alpha value is -0.0205. The first-order valence-corrected chi connectivity index (χ1v) is 9.31. The molecule has 0 fully saturated rings. The van der Waals surface area contributed by atoms with Gasteiger partial charge in [-0.1, -0.05) is 6.07 Å². The summed E-state index contributed by atoms with van der Waals surface area (Å²) in [5.74, 6) is -1.35. The van der Waals surface area contributed by atoms with Gasteiger partial charge in [0, 0.05) is 17.1 Å². The first-order chi connectivity index (χ1) is 11.4. The Labute approximate surface area is 216 Å². The third-order valence-electron chi connectivity index (χ3n) is 3.00. The molecule has 2 rings (SSSR count). The molecule has 10 nitrogen and oxygen atoms in total. The van der Waals surface area contributed by atoms with Crippen LogP contribution in [0.4, 0.5) is 11.4 Å². The summed E-state index contributed by atoms with van der Waals surface area (Å²) in [4.78, 5) is -2.11. The molecular weight excluding hydrogens is 486 g/mol. The van der Waals surface area contributed by atoms with Crippen molar-refractivity contribution in [3.8, 4) is 11.5 Å². The first-order valence-electron chi connectivity index (χ1n) is 6.43. The Kier molecular flexibility index (Phi) is 12.3. The van der Waals surface area contributed by atoms with Crippen molar-refractivity contribution in [2.75, 3.05) is 0 Å². The molecule has 4 N–H and O–H groups in total. The minimum Gasteiger partial charge on any atom is -0.506 e. The molecule has 0 aromatic heterocycles. The molecule has 0 aliphatic carbocycles. The molecule has 0 heterocycles. The fraction of sp³-hybridized carbons (Fsp3) is 0.0769. The molecule has 0 bridgehead atoms. The number of benzene rings is 2. The van der Waals surface area contributed by atoms with E-state index in [1.165, 1.54) is 12.1 Å². The zero-order valence-electron chi connectivity index (χ0n) is 14.8. The summed E-state index contributed by atoms with van der Waals surface area (Å²) in [7, 11) is -9.87. The number of rotatable bonds is 4. The number of phenolic OH excluding ortho intramolecular Hbond substituents is 2. The largest absolute Gasteiger partial charge is 1.00 e. The second-order valence-electron chi connectivity index (χ2n) is 4.93. The predicted molar refractivity (Wildman–Crippen MR) is 84.8 cm³/mol. The molecule has 0 aliphatic rings. The van der Waals surface area contributed by atoms with Gasteiger partial charge >= 0.3 is 59.1 Å². The van der Waals surface area contributed by atoms with Crippen molar-refractivity contribution in [3.63, 3.8) is 0 Å². The number of hydrogen-bond donors (Lipinski definition) is 4. The monoisotopic (exact) mass is 497 g/mol. The van der Waals surface area contributed by atoms with Crippen LogP contribution in [-0.4, -0.2) is 36.2 Å². The van der Waals surface area contributed by atoms with Crippen LogP contribution in [0.5, 0.6) is 11.5 Å². The van der Waals surface area contributed by atoms with E-state index in [9.17, 15) is 27.0 Å². The second kappa shape index (κ2) is 11.4. The average Bonchev–Trinajstić information content (AvgIpc) is 2.47. The summed E-state index contributed by atoms with van der Waals surface area (Å²) in [5.41, 5.74) is 0.00926. The smallest absolute Gasteiger partial charge is 0.506 e. The van der Waals surface area contributed by atoms with E-state index in [0.717, 1.165) is 0 Å².